The monoisotopic (exact) mass is 303 g/mol. The van der Waals surface area contributed by atoms with Crippen molar-refractivity contribution in [3.8, 4) is 11.3 Å². The number of hydrogen-bond donors (Lipinski definition) is 2. The van der Waals surface area contributed by atoms with E-state index in [9.17, 15) is 0 Å². The first kappa shape index (κ1) is 13.4. The molecule has 1 atom stereocenters. The molecule has 2 heterocycles. The summed E-state index contributed by atoms with van der Waals surface area (Å²) in [5.41, 5.74) is 9.10. The minimum absolute atomic E-state index is 0.0825. The Bertz CT molecular complexity index is 690. The van der Waals surface area contributed by atoms with Gasteiger partial charge in [-0.15, -0.1) is 11.3 Å². The van der Waals surface area contributed by atoms with Crippen molar-refractivity contribution < 1.29 is 0 Å². The van der Waals surface area contributed by atoms with Gasteiger partial charge in [-0.1, -0.05) is 41.9 Å². The van der Waals surface area contributed by atoms with Gasteiger partial charge in [0.25, 0.3) is 0 Å². The molecule has 5 heteroatoms. The highest BCUT2D eigenvalue weighted by Gasteiger charge is 2.16. The fraction of sp³-hybridized carbons (Fsp3) is 0.133. The van der Waals surface area contributed by atoms with E-state index in [0.29, 0.717) is 6.54 Å². The molecule has 0 saturated carbocycles. The normalized spacial score (nSPS) is 12.5. The number of thiophene rings is 1. The number of nitrogens with one attached hydrogen (secondary N) is 1. The molecule has 1 unspecified atom stereocenters. The second kappa shape index (κ2) is 5.79. The summed E-state index contributed by atoms with van der Waals surface area (Å²) in [7, 11) is 0. The number of hydrogen-bond acceptors (Lipinski definition) is 3. The third-order valence-corrected chi connectivity index (χ3v) is 4.33. The van der Waals surface area contributed by atoms with Crippen LogP contribution in [0.5, 0.6) is 0 Å². The van der Waals surface area contributed by atoms with Gasteiger partial charge in [0.1, 0.15) is 5.82 Å². The standard InChI is InChI=1S/C15H14ClN3S/c16-14-6-11(9-20-14)13-8-18-15(19-13)12(7-17)10-4-2-1-3-5-10/h1-6,8-9,12H,7,17H2,(H,18,19). The van der Waals surface area contributed by atoms with Crippen molar-refractivity contribution in [3.63, 3.8) is 0 Å². The zero-order chi connectivity index (χ0) is 13.9. The number of rotatable bonds is 4. The lowest BCUT2D eigenvalue weighted by atomic mass is 9.99. The van der Waals surface area contributed by atoms with Gasteiger partial charge < -0.3 is 10.7 Å². The fourth-order valence-electron chi connectivity index (χ4n) is 2.20. The Hall–Kier alpha value is -1.62. The van der Waals surface area contributed by atoms with Crippen molar-refractivity contribution in [1.82, 2.24) is 9.97 Å². The zero-order valence-electron chi connectivity index (χ0n) is 10.7. The van der Waals surface area contributed by atoms with E-state index in [4.69, 9.17) is 17.3 Å². The van der Waals surface area contributed by atoms with Crippen LogP contribution in [0.25, 0.3) is 11.3 Å². The van der Waals surface area contributed by atoms with Crippen molar-refractivity contribution in [2.24, 2.45) is 5.73 Å². The molecule has 0 spiro atoms. The van der Waals surface area contributed by atoms with Gasteiger partial charge in [0.05, 0.1) is 22.1 Å². The van der Waals surface area contributed by atoms with Crippen LogP contribution < -0.4 is 5.73 Å². The predicted molar refractivity (Wildman–Crippen MR) is 84.3 cm³/mol. The van der Waals surface area contributed by atoms with Crippen LogP contribution in [0.1, 0.15) is 17.3 Å². The van der Waals surface area contributed by atoms with E-state index in [1.54, 1.807) is 0 Å². The molecule has 0 bridgehead atoms. The van der Waals surface area contributed by atoms with E-state index in [-0.39, 0.29) is 5.92 Å². The molecule has 0 aliphatic heterocycles. The van der Waals surface area contributed by atoms with Gasteiger partial charge in [-0.3, -0.25) is 0 Å². The van der Waals surface area contributed by atoms with Crippen molar-refractivity contribution in [2.75, 3.05) is 6.54 Å². The van der Waals surface area contributed by atoms with Gasteiger partial charge in [0.2, 0.25) is 0 Å². The molecule has 3 N–H and O–H groups in total. The Kier molecular flexibility index (Phi) is 3.87. The highest BCUT2D eigenvalue weighted by atomic mass is 35.5. The molecular weight excluding hydrogens is 290 g/mol. The van der Waals surface area contributed by atoms with Crippen LogP contribution in [0.3, 0.4) is 0 Å². The Labute approximate surface area is 126 Å². The van der Waals surface area contributed by atoms with Crippen LogP contribution in [-0.4, -0.2) is 16.5 Å². The SMILES string of the molecule is NCC(c1ccccc1)c1ncc(-c2csc(Cl)c2)[nH]1. The van der Waals surface area contributed by atoms with Crippen LogP contribution in [-0.2, 0) is 0 Å². The zero-order valence-corrected chi connectivity index (χ0v) is 12.3. The molecule has 3 rings (SSSR count). The summed E-state index contributed by atoms with van der Waals surface area (Å²) in [5.74, 6) is 0.968. The molecule has 0 saturated heterocycles. The van der Waals surface area contributed by atoms with Crippen LogP contribution in [0.15, 0.2) is 48.0 Å². The molecule has 0 radical (unpaired) electrons. The highest BCUT2D eigenvalue weighted by molar-refractivity contribution is 7.14. The molecule has 0 aliphatic carbocycles. The minimum Gasteiger partial charge on any atom is -0.341 e. The first-order valence-electron chi connectivity index (χ1n) is 6.32. The van der Waals surface area contributed by atoms with Gasteiger partial charge in [-0.25, -0.2) is 4.98 Å². The number of imidazole rings is 1. The number of benzene rings is 1. The van der Waals surface area contributed by atoms with E-state index >= 15 is 0 Å². The third kappa shape index (κ3) is 2.63. The predicted octanol–water partition coefficient (Wildman–Crippen LogP) is 3.88. The molecule has 102 valence electrons. The number of aromatic nitrogens is 2. The van der Waals surface area contributed by atoms with Gasteiger partial charge >= 0.3 is 0 Å². The van der Waals surface area contributed by atoms with Crippen molar-refractivity contribution in [1.29, 1.82) is 0 Å². The Morgan fingerprint density at radius 2 is 2.10 bits per heavy atom. The lowest BCUT2D eigenvalue weighted by Gasteiger charge is -2.12. The lowest BCUT2D eigenvalue weighted by molar-refractivity contribution is 0.765. The number of H-pyrrole nitrogens is 1. The third-order valence-electron chi connectivity index (χ3n) is 3.24. The van der Waals surface area contributed by atoms with Crippen molar-refractivity contribution in [3.05, 3.63) is 63.7 Å². The van der Waals surface area contributed by atoms with Crippen molar-refractivity contribution >= 4 is 22.9 Å². The maximum atomic E-state index is 5.97. The molecule has 3 aromatic rings. The molecule has 20 heavy (non-hydrogen) atoms. The number of aromatic amines is 1. The van der Waals surface area contributed by atoms with E-state index in [0.717, 1.165) is 21.4 Å². The summed E-state index contributed by atoms with van der Waals surface area (Å²) in [6.07, 6.45) is 1.83. The second-order valence-electron chi connectivity index (χ2n) is 4.52. The first-order chi connectivity index (χ1) is 9.78. The molecule has 1 aromatic carbocycles. The van der Waals surface area contributed by atoms with Gasteiger partial charge in [-0.05, 0) is 11.6 Å². The Morgan fingerprint density at radius 3 is 2.75 bits per heavy atom. The lowest BCUT2D eigenvalue weighted by Crippen LogP contribution is -2.15. The van der Waals surface area contributed by atoms with Crippen LogP contribution >= 0.6 is 22.9 Å². The fourth-order valence-corrected chi connectivity index (χ4v) is 3.08. The average molecular weight is 304 g/mol. The van der Waals surface area contributed by atoms with Crippen molar-refractivity contribution in [2.45, 2.75) is 5.92 Å². The molecule has 0 amide bonds. The highest BCUT2D eigenvalue weighted by Crippen LogP contribution is 2.29. The first-order valence-corrected chi connectivity index (χ1v) is 7.58. The minimum atomic E-state index is 0.0825. The maximum Gasteiger partial charge on any atom is 0.115 e. The van der Waals surface area contributed by atoms with Crippen LogP contribution in [0.2, 0.25) is 4.34 Å². The Morgan fingerprint density at radius 1 is 1.30 bits per heavy atom. The van der Waals surface area contributed by atoms with Crippen LogP contribution in [0.4, 0.5) is 0 Å². The molecule has 3 nitrogen and oxygen atoms in total. The quantitative estimate of drug-likeness (QED) is 0.768. The smallest absolute Gasteiger partial charge is 0.115 e. The summed E-state index contributed by atoms with van der Waals surface area (Å²) in [4.78, 5) is 7.82. The average Bonchev–Trinajstić information content (AvgIpc) is 3.10. The summed E-state index contributed by atoms with van der Waals surface area (Å²) >= 11 is 7.48. The van der Waals surface area contributed by atoms with Gasteiger partial charge in [-0.2, -0.15) is 0 Å². The summed E-state index contributed by atoms with van der Waals surface area (Å²) < 4.78 is 0.773. The van der Waals surface area contributed by atoms with Crippen LogP contribution in [0, 0.1) is 0 Å². The summed E-state index contributed by atoms with van der Waals surface area (Å²) in [6, 6.07) is 12.1. The van der Waals surface area contributed by atoms with Gasteiger partial charge in [0, 0.05) is 17.5 Å². The second-order valence-corrected chi connectivity index (χ2v) is 6.06. The molecule has 2 aromatic heterocycles. The summed E-state index contributed by atoms with van der Waals surface area (Å²) in [6.45, 7) is 0.515. The van der Waals surface area contributed by atoms with E-state index < -0.39 is 0 Å². The van der Waals surface area contributed by atoms with Gasteiger partial charge in [0.15, 0.2) is 0 Å². The van der Waals surface area contributed by atoms with E-state index in [2.05, 4.69) is 22.1 Å². The summed E-state index contributed by atoms with van der Waals surface area (Å²) in [5, 5.41) is 2.01. The maximum absolute atomic E-state index is 5.97. The number of halogens is 1. The topological polar surface area (TPSA) is 54.7 Å². The largest absolute Gasteiger partial charge is 0.341 e. The molecule has 0 aliphatic rings. The van der Waals surface area contributed by atoms with E-state index in [1.165, 1.54) is 16.9 Å². The Balaban J connectivity index is 1.92. The molecule has 0 fully saturated rings. The van der Waals surface area contributed by atoms with E-state index in [1.807, 2.05) is 35.8 Å². The molecular formula is C15H14ClN3S. The number of nitrogens with zero attached hydrogens (tertiary/aromatic N) is 1. The number of nitrogens with two attached hydrogens (primary N) is 1.